The molecule has 0 unspecified atom stereocenters. The highest BCUT2D eigenvalue weighted by atomic mass is 32.2. The maximum Gasteiger partial charge on any atom is 0.230 e. The number of hydrogen-bond donors (Lipinski definition) is 2. The van der Waals surface area contributed by atoms with E-state index < -0.39 is 5.54 Å². The van der Waals surface area contributed by atoms with Crippen molar-refractivity contribution in [2.45, 2.75) is 42.5 Å². The van der Waals surface area contributed by atoms with Gasteiger partial charge in [0.2, 0.25) is 5.91 Å². The fourth-order valence-electron chi connectivity index (χ4n) is 2.72. The number of rotatable bonds is 6. The van der Waals surface area contributed by atoms with Gasteiger partial charge in [-0.2, -0.15) is 0 Å². The predicted octanol–water partition coefficient (Wildman–Crippen LogP) is 2.60. The second-order valence-electron chi connectivity index (χ2n) is 5.51. The predicted molar refractivity (Wildman–Crippen MR) is 84.8 cm³/mol. The molecular weight excluding hydrogens is 286 g/mol. The molecule has 2 N–H and O–H groups in total. The molecule has 21 heavy (non-hydrogen) atoms. The minimum Gasteiger partial charge on any atom is -0.497 e. The van der Waals surface area contributed by atoms with Gasteiger partial charge in [-0.15, -0.1) is 11.8 Å². The van der Waals surface area contributed by atoms with Gasteiger partial charge in [0.15, 0.2) is 0 Å². The van der Waals surface area contributed by atoms with E-state index >= 15 is 0 Å². The first kappa shape index (κ1) is 16.2. The molecule has 1 aromatic carbocycles. The summed E-state index contributed by atoms with van der Waals surface area (Å²) in [5, 5.41) is 12.6. The van der Waals surface area contributed by atoms with Crippen molar-refractivity contribution < 1.29 is 14.6 Å². The molecule has 0 atom stereocenters. The van der Waals surface area contributed by atoms with E-state index in [1.165, 1.54) is 18.2 Å². The van der Waals surface area contributed by atoms with E-state index in [0.29, 0.717) is 5.75 Å². The molecule has 0 spiro atoms. The molecule has 0 heterocycles. The van der Waals surface area contributed by atoms with Crippen molar-refractivity contribution in [2.75, 3.05) is 19.5 Å². The minimum absolute atomic E-state index is 0.0150. The van der Waals surface area contributed by atoms with E-state index in [1.807, 2.05) is 24.3 Å². The third-order valence-electron chi connectivity index (χ3n) is 3.93. The van der Waals surface area contributed by atoms with E-state index in [2.05, 4.69) is 5.32 Å². The lowest BCUT2D eigenvalue weighted by Crippen LogP contribution is -2.53. The summed E-state index contributed by atoms with van der Waals surface area (Å²) < 4.78 is 5.17. The van der Waals surface area contributed by atoms with Crippen molar-refractivity contribution in [3.63, 3.8) is 0 Å². The second-order valence-corrected chi connectivity index (χ2v) is 6.56. The number of nitrogens with one attached hydrogen (secondary N) is 1. The standard InChI is InChI=1S/C16H23NO3S/c1-20-13-6-5-7-14(10-13)21-11-15(19)17-16(12-18)8-3-2-4-9-16/h5-7,10,18H,2-4,8-9,11-12H2,1H3,(H,17,19). The fourth-order valence-corrected chi connectivity index (χ4v) is 3.47. The number of aliphatic hydroxyl groups is 1. The number of aliphatic hydroxyl groups excluding tert-OH is 1. The highest BCUT2D eigenvalue weighted by Crippen LogP contribution is 2.28. The molecule has 1 saturated carbocycles. The number of ether oxygens (including phenoxy) is 1. The lowest BCUT2D eigenvalue weighted by Gasteiger charge is -2.36. The molecule has 0 saturated heterocycles. The van der Waals surface area contributed by atoms with Crippen molar-refractivity contribution in [1.82, 2.24) is 5.32 Å². The van der Waals surface area contributed by atoms with Gasteiger partial charge in [0.25, 0.3) is 0 Å². The lowest BCUT2D eigenvalue weighted by atomic mass is 9.82. The van der Waals surface area contributed by atoms with Crippen LogP contribution < -0.4 is 10.1 Å². The van der Waals surface area contributed by atoms with Gasteiger partial charge in [-0.25, -0.2) is 0 Å². The van der Waals surface area contributed by atoms with E-state index in [4.69, 9.17) is 4.74 Å². The van der Waals surface area contributed by atoms with Gasteiger partial charge in [0.05, 0.1) is 25.0 Å². The summed E-state index contributed by atoms with van der Waals surface area (Å²) >= 11 is 1.48. The molecule has 1 amide bonds. The fraction of sp³-hybridized carbons (Fsp3) is 0.562. The topological polar surface area (TPSA) is 58.6 Å². The summed E-state index contributed by atoms with van der Waals surface area (Å²) in [5.74, 6) is 1.13. The average molecular weight is 309 g/mol. The van der Waals surface area contributed by atoms with Crippen LogP contribution in [0.2, 0.25) is 0 Å². The Morgan fingerprint density at radius 1 is 1.38 bits per heavy atom. The molecule has 0 radical (unpaired) electrons. The molecule has 0 aliphatic heterocycles. The van der Waals surface area contributed by atoms with Crippen molar-refractivity contribution in [1.29, 1.82) is 0 Å². The molecule has 4 nitrogen and oxygen atoms in total. The quantitative estimate of drug-likeness (QED) is 0.793. The van der Waals surface area contributed by atoms with E-state index in [-0.39, 0.29) is 12.5 Å². The Kier molecular flexibility index (Phi) is 5.94. The van der Waals surface area contributed by atoms with Gasteiger partial charge in [0.1, 0.15) is 5.75 Å². The molecule has 1 aromatic rings. The Morgan fingerprint density at radius 2 is 2.14 bits per heavy atom. The third-order valence-corrected chi connectivity index (χ3v) is 4.92. The summed E-state index contributed by atoms with van der Waals surface area (Å²) in [4.78, 5) is 13.1. The SMILES string of the molecule is COc1cccc(SCC(=O)NC2(CO)CCCCC2)c1. The zero-order valence-electron chi connectivity index (χ0n) is 12.4. The zero-order valence-corrected chi connectivity index (χ0v) is 13.2. The molecule has 0 bridgehead atoms. The normalized spacial score (nSPS) is 17.2. The first-order valence-corrected chi connectivity index (χ1v) is 8.35. The van der Waals surface area contributed by atoms with Crippen LogP contribution >= 0.6 is 11.8 Å². The van der Waals surface area contributed by atoms with Crippen LogP contribution in [-0.4, -0.2) is 36.0 Å². The molecule has 1 aliphatic rings. The summed E-state index contributed by atoms with van der Waals surface area (Å²) in [5.41, 5.74) is -0.399. The van der Waals surface area contributed by atoms with Crippen molar-refractivity contribution in [3.05, 3.63) is 24.3 Å². The van der Waals surface area contributed by atoms with Gasteiger partial charge in [0, 0.05) is 4.90 Å². The van der Waals surface area contributed by atoms with Gasteiger partial charge < -0.3 is 15.2 Å². The van der Waals surface area contributed by atoms with Gasteiger partial charge in [-0.1, -0.05) is 25.3 Å². The molecule has 2 rings (SSSR count). The van der Waals surface area contributed by atoms with Crippen LogP contribution in [0, 0.1) is 0 Å². The third kappa shape index (κ3) is 4.64. The summed E-state index contributed by atoms with van der Waals surface area (Å²) in [6, 6.07) is 7.67. The van der Waals surface area contributed by atoms with Crippen LogP contribution in [0.25, 0.3) is 0 Å². The zero-order chi connectivity index (χ0) is 15.1. The molecule has 1 aliphatic carbocycles. The van der Waals surface area contributed by atoms with E-state index in [0.717, 1.165) is 36.3 Å². The Morgan fingerprint density at radius 3 is 2.81 bits per heavy atom. The van der Waals surface area contributed by atoms with Crippen LogP contribution in [0.15, 0.2) is 29.2 Å². The number of amides is 1. The molecule has 0 aromatic heterocycles. The molecule has 116 valence electrons. The van der Waals surface area contributed by atoms with E-state index in [1.54, 1.807) is 7.11 Å². The Balaban J connectivity index is 1.86. The highest BCUT2D eigenvalue weighted by molar-refractivity contribution is 8.00. The highest BCUT2D eigenvalue weighted by Gasteiger charge is 2.32. The number of hydrogen-bond acceptors (Lipinski definition) is 4. The second kappa shape index (κ2) is 7.71. The largest absolute Gasteiger partial charge is 0.497 e. The monoisotopic (exact) mass is 309 g/mol. The maximum absolute atomic E-state index is 12.1. The number of benzene rings is 1. The van der Waals surface area contributed by atoms with Crippen molar-refractivity contribution in [3.8, 4) is 5.75 Å². The number of thioether (sulfide) groups is 1. The molecule has 5 heteroatoms. The number of methoxy groups -OCH3 is 1. The average Bonchev–Trinajstić information content (AvgIpc) is 2.54. The van der Waals surface area contributed by atoms with Crippen molar-refractivity contribution >= 4 is 17.7 Å². The van der Waals surface area contributed by atoms with Crippen LogP contribution in [-0.2, 0) is 4.79 Å². The first-order chi connectivity index (χ1) is 10.2. The number of carbonyl (C=O) groups is 1. The lowest BCUT2D eigenvalue weighted by molar-refractivity contribution is -0.121. The van der Waals surface area contributed by atoms with E-state index in [9.17, 15) is 9.90 Å². The summed E-state index contributed by atoms with van der Waals surface area (Å²) in [6.07, 6.45) is 5.09. The van der Waals surface area contributed by atoms with Crippen LogP contribution in [0.3, 0.4) is 0 Å². The summed E-state index contributed by atoms with van der Waals surface area (Å²) in [6.45, 7) is 0.0303. The van der Waals surface area contributed by atoms with Gasteiger partial charge >= 0.3 is 0 Å². The molecule has 1 fully saturated rings. The minimum atomic E-state index is -0.399. The Labute approximate surface area is 130 Å². The molecular formula is C16H23NO3S. The van der Waals surface area contributed by atoms with Gasteiger partial charge in [-0.3, -0.25) is 4.79 Å². The number of carbonyl (C=O) groups excluding carboxylic acids is 1. The van der Waals surface area contributed by atoms with Crippen LogP contribution in [0.5, 0.6) is 5.75 Å². The maximum atomic E-state index is 12.1. The van der Waals surface area contributed by atoms with Crippen LogP contribution in [0.1, 0.15) is 32.1 Å². The van der Waals surface area contributed by atoms with Gasteiger partial charge in [-0.05, 0) is 31.0 Å². The Bertz CT molecular complexity index is 472. The van der Waals surface area contributed by atoms with Crippen molar-refractivity contribution in [2.24, 2.45) is 0 Å². The first-order valence-electron chi connectivity index (χ1n) is 7.36. The summed E-state index contributed by atoms with van der Waals surface area (Å²) in [7, 11) is 1.63. The Hall–Kier alpha value is -1.20. The smallest absolute Gasteiger partial charge is 0.230 e. The van der Waals surface area contributed by atoms with Crippen LogP contribution in [0.4, 0.5) is 0 Å².